The second-order valence-electron chi connectivity index (χ2n) is 5.59. The van der Waals surface area contributed by atoms with Crippen LogP contribution in [0.2, 0.25) is 0 Å². The zero-order valence-corrected chi connectivity index (χ0v) is 15.6. The normalized spacial score (nSPS) is 10.7. The van der Waals surface area contributed by atoms with E-state index in [0.717, 1.165) is 22.0 Å². The number of benzene rings is 1. The monoisotopic (exact) mass is 411 g/mol. The average Bonchev–Trinajstić information content (AvgIpc) is 3.34. The van der Waals surface area contributed by atoms with Crippen LogP contribution in [-0.4, -0.2) is 36.7 Å². The number of thiophene rings is 1. The fraction of sp³-hybridized carbons (Fsp3) is 0. The minimum atomic E-state index is -1.82. The molecule has 0 amide bonds. The van der Waals surface area contributed by atoms with E-state index in [1.807, 2.05) is 52.4 Å². The Balaban J connectivity index is 0.000000353. The van der Waals surface area contributed by atoms with Crippen LogP contribution in [0.5, 0.6) is 0 Å². The molecule has 0 spiro atoms. The van der Waals surface area contributed by atoms with Gasteiger partial charge in [0, 0.05) is 17.1 Å². The van der Waals surface area contributed by atoms with Gasteiger partial charge in [-0.05, 0) is 47.9 Å². The molecular weight excluding hydrogens is 397 g/mol. The number of imidazole rings is 1. The number of carboxylic acids is 2. The lowest BCUT2D eigenvalue weighted by Crippen LogP contribution is -2.09. The van der Waals surface area contributed by atoms with Crippen molar-refractivity contribution < 1.29 is 24.2 Å². The maximum atomic E-state index is 13.5. The van der Waals surface area contributed by atoms with E-state index < -0.39 is 11.9 Å². The Morgan fingerprint density at radius 2 is 1.83 bits per heavy atom. The van der Waals surface area contributed by atoms with Crippen LogP contribution in [0.4, 0.5) is 4.39 Å². The van der Waals surface area contributed by atoms with Crippen LogP contribution in [-0.2, 0) is 9.59 Å². The zero-order valence-electron chi connectivity index (χ0n) is 14.8. The maximum absolute atomic E-state index is 13.5. The molecule has 7 nitrogen and oxygen atoms in total. The van der Waals surface area contributed by atoms with E-state index in [1.54, 1.807) is 23.6 Å². The second kappa shape index (κ2) is 8.89. The molecule has 0 aliphatic rings. The van der Waals surface area contributed by atoms with Crippen molar-refractivity contribution in [3.05, 3.63) is 76.6 Å². The molecule has 4 aromatic rings. The number of nitrogens with zero attached hydrogens (tertiary/aromatic N) is 3. The highest BCUT2D eigenvalue weighted by Gasteiger charge is 2.12. The smallest absolute Gasteiger partial charge is 0.414 e. The van der Waals surface area contributed by atoms with Gasteiger partial charge >= 0.3 is 11.9 Å². The summed E-state index contributed by atoms with van der Waals surface area (Å²) in [5.74, 6) is -2.47. The number of aliphatic carboxylic acids is 2. The predicted molar refractivity (Wildman–Crippen MR) is 107 cm³/mol. The van der Waals surface area contributed by atoms with Crippen LogP contribution < -0.4 is 0 Å². The summed E-state index contributed by atoms with van der Waals surface area (Å²) < 4.78 is 15.4. The third-order valence-corrected chi connectivity index (χ3v) is 4.48. The van der Waals surface area contributed by atoms with Crippen molar-refractivity contribution in [3.8, 4) is 5.82 Å². The SMILES string of the molecule is Fc1ccc2c(c1)nc(/C=C/c1cccs1)n2-c1ccccn1.O=C(O)C(=O)O. The van der Waals surface area contributed by atoms with Gasteiger partial charge in [-0.1, -0.05) is 12.1 Å². The first-order valence-corrected chi connectivity index (χ1v) is 9.11. The van der Waals surface area contributed by atoms with E-state index in [4.69, 9.17) is 19.8 Å². The zero-order chi connectivity index (χ0) is 20.8. The molecule has 3 heterocycles. The van der Waals surface area contributed by atoms with E-state index in [9.17, 15) is 4.39 Å². The van der Waals surface area contributed by atoms with Crippen molar-refractivity contribution in [2.24, 2.45) is 0 Å². The van der Waals surface area contributed by atoms with Gasteiger partial charge in [-0.15, -0.1) is 11.3 Å². The number of rotatable bonds is 3. The standard InChI is InChI=1S/C18H12FN3S.C2H2O4/c19-13-6-8-16-15(12-13)21-18(9-7-14-4-3-11-23-14)22(16)17-5-1-2-10-20-17;3-1(4)2(5)6/h1-12H;(H,3,4)(H,5,6)/b9-7+;. The largest absolute Gasteiger partial charge is 0.473 e. The number of hydrogen-bond donors (Lipinski definition) is 2. The molecule has 0 saturated carbocycles. The summed E-state index contributed by atoms with van der Waals surface area (Å²) in [5.41, 5.74) is 1.44. The van der Waals surface area contributed by atoms with Gasteiger partial charge in [-0.25, -0.2) is 23.9 Å². The summed E-state index contributed by atoms with van der Waals surface area (Å²) in [6.45, 7) is 0. The molecule has 0 unspecified atom stereocenters. The summed E-state index contributed by atoms with van der Waals surface area (Å²) >= 11 is 1.65. The Morgan fingerprint density at radius 1 is 1.03 bits per heavy atom. The molecule has 0 atom stereocenters. The molecule has 1 aromatic carbocycles. The van der Waals surface area contributed by atoms with Crippen molar-refractivity contribution in [1.82, 2.24) is 14.5 Å². The summed E-state index contributed by atoms with van der Waals surface area (Å²) in [7, 11) is 0. The van der Waals surface area contributed by atoms with Crippen molar-refractivity contribution in [3.63, 3.8) is 0 Å². The van der Waals surface area contributed by atoms with Gasteiger partial charge in [0.15, 0.2) is 0 Å². The third-order valence-electron chi connectivity index (χ3n) is 3.64. The van der Waals surface area contributed by atoms with Gasteiger partial charge in [0.1, 0.15) is 17.5 Å². The van der Waals surface area contributed by atoms with Gasteiger partial charge in [0.25, 0.3) is 0 Å². The lowest BCUT2D eigenvalue weighted by Gasteiger charge is -2.05. The van der Waals surface area contributed by atoms with E-state index in [0.29, 0.717) is 5.52 Å². The van der Waals surface area contributed by atoms with Crippen LogP contribution in [0.15, 0.2) is 60.1 Å². The first-order chi connectivity index (χ1) is 14.0. The molecule has 0 radical (unpaired) electrons. The van der Waals surface area contributed by atoms with Crippen LogP contribution in [0.3, 0.4) is 0 Å². The highest BCUT2D eigenvalue weighted by Crippen LogP contribution is 2.23. The molecule has 4 rings (SSSR count). The van der Waals surface area contributed by atoms with E-state index in [1.165, 1.54) is 12.1 Å². The Hall–Kier alpha value is -3.85. The fourth-order valence-corrected chi connectivity index (χ4v) is 3.07. The number of carbonyl (C=O) groups is 2. The van der Waals surface area contributed by atoms with E-state index in [-0.39, 0.29) is 5.82 Å². The molecule has 29 heavy (non-hydrogen) atoms. The summed E-state index contributed by atoms with van der Waals surface area (Å²) in [6, 6.07) is 14.3. The number of pyridine rings is 1. The van der Waals surface area contributed by atoms with Gasteiger partial charge in [-0.2, -0.15) is 0 Å². The molecule has 2 N–H and O–H groups in total. The van der Waals surface area contributed by atoms with E-state index in [2.05, 4.69) is 9.97 Å². The quantitative estimate of drug-likeness (QED) is 0.495. The Labute approximate surface area is 168 Å². The maximum Gasteiger partial charge on any atom is 0.414 e. The lowest BCUT2D eigenvalue weighted by molar-refractivity contribution is -0.159. The molecule has 0 aliphatic heterocycles. The summed E-state index contributed by atoms with van der Waals surface area (Å²) in [4.78, 5) is 28.3. The van der Waals surface area contributed by atoms with Crippen LogP contribution >= 0.6 is 11.3 Å². The number of hydrogen-bond acceptors (Lipinski definition) is 5. The van der Waals surface area contributed by atoms with Crippen molar-refractivity contribution in [2.45, 2.75) is 0 Å². The van der Waals surface area contributed by atoms with Crippen LogP contribution in [0.1, 0.15) is 10.7 Å². The first-order valence-electron chi connectivity index (χ1n) is 8.23. The molecule has 0 bridgehead atoms. The lowest BCUT2D eigenvalue weighted by atomic mass is 10.3. The topological polar surface area (TPSA) is 105 Å². The van der Waals surface area contributed by atoms with Gasteiger partial charge < -0.3 is 10.2 Å². The molecular formula is C20H14FN3O4S. The highest BCUT2D eigenvalue weighted by atomic mass is 32.1. The predicted octanol–water partition coefficient (Wildman–Crippen LogP) is 3.95. The van der Waals surface area contributed by atoms with Crippen molar-refractivity contribution in [2.75, 3.05) is 0 Å². The molecule has 0 saturated heterocycles. The molecule has 3 aromatic heterocycles. The Bertz CT molecular complexity index is 1160. The molecule has 0 aliphatic carbocycles. The first kappa shape index (κ1) is 19.9. The number of fused-ring (bicyclic) bond motifs is 1. The van der Waals surface area contributed by atoms with Crippen LogP contribution in [0, 0.1) is 5.82 Å². The number of aromatic nitrogens is 3. The number of carboxylic acid groups (broad SMARTS) is 2. The summed E-state index contributed by atoms with van der Waals surface area (Å²) in [6.07, 6.45) is 5.66. The Kier molecular flexibility index (Phi) is 6.10. The van der Waals surface area contributed by atoms with E-state index >= 15 is 0 Å². The van der Waals surface area contributed by atoms with Crippen molar-refractivity contribution in [1.29, 1.82) is 0 Å². The number of halogens is 1. The van der Waals surface area contributed by atoms with Gasteiger partial charge in [0.05, 0.1) is 11.0 Å². The average molecular weight is 411 g/mol. The molecule has 146 valence electrons. The van der Waals surface area contributed by atoms with Gasteiger partial charge in [0.2, 0.25) is 0 Å². The summed E-state index contributed by atoms with van der Waals surface area (Å²) in [5, 5.41) is 16.8. The molecule has 9 heteroatoms. The minimum Gasteiger partial charge on any atom is -0.473 e. The fourth-order valence-electron chi connectivity index (χ4n) is 2.45. The minimum absolute atomic E-state index is 0.294. The Morgan fingerprint density at radius 3 is 2.45 bits per heavy atom. The van der Waals surface area contributed by atoms with Gasteiger partial charge in [-0.3, -0.25) is 4.57 Å². The molecule has 0 fully saturated rings. The third kappa shape index (κ3) is 4.90. The highest BCUT2D eigenvalue weighted by molar-refractivity contribution is 7.10. The van der Waals surface area contributed by atoms with Crippen LogP contribution in [0.25, 0.3) is 29.0 Å². The second-order valence-corrected chi connectivity index (χ2v) is 6.56. The van der Waals surface area contributed by atoms with Crippen molar-refractivity contribution >= 4 is 46.5 Å².